The Labute approximate surface area is 155 Å². The summed E-state index contributed by atoms with van der Waals surface area (Å²) >= 11 is 5.95. The molecule has 3 nitrogen and oxygen atoms in total. The third-order valence-corrected chi connectivity index (χ3v) is 5.45. The van der Waals surface area contributed by atoms with Crippen molar-refractivity contribution in [2.45, 2.75) is 18.9 Å². The van der Waals surface area contributed by atoms with Crippen LogP contribution in [0.15, 0.2) is 48.5 Å². The Kier molecular flexibility index (Phi) is 5.80. The molecule has 2 aromatic carbocycles. The zero-order chi connectivity index (χ0) is 17.9. The molecule has 25 heavy (non-hydrogen) atoms. The summed E-state index contributed by atoms with van der Waals surface area (Å²) in [6.45, 7) is 7.24. The Morgan fingerprint density at radius 3 is 2.00 bits per heavy atom. The van der Waals surface area contributed by atoms with Gasteiger partial charge in [0.1, 0.15) is 0 Å². The molecular weight excluding hydrogens is 332 g/mol. The van der Waals surface area contributed by atoms with Crippen LogP contribution in [0, 0.1) is 0 Å². The highest BCUT2D eigenvalue weighted by molar-refractivity contribution is 6.30. The number of hydrogen-bond donors (Lipinski definition) is 1. The fraction of sp³-hybridized carbons (Fsp3) is 0.429. The molecule has 0 radical (unpaired) electrons. The van der Waals surface area contributed by atoms with Crippen molar-refractivity contribution in [1.29, 1.82) is 0 Å². The number of hydrogen-bond acceptors (Lipinski definition) is 3. The van der Waals surface area contributed by atoms with E-state index in [1.807, 2.05) is 43.3 Å². The first kappa shape index (κ1) is 18.4. The summed E-state index contributed by atoms with van der Waals surface area (Å²) in [6, 6.07) is 16.0. The molecule has 1 atom stereocenters. The van der Waals surface area contributed by atoms with Gasteiger partial charge in [0, 0.05) is 37.7 Å². The van der Waals surface area contributed by atoms with Crippen molar-refractivity contribution < 1.29 is 5.11 Å². The van der Waals surface area contributed by atoms with E-state index in [2.05, 4.69) is 29.0 Å². The van der Waals surface area contributed by atoms with E-state index in [1.165, 1.54) is 0 Å². The lowest BCUT2D eigenvalue weighted by atomic mass is 9.90. The molecule has 1 N–H and O–H groups in total. The first-order valence-corrected chi connectivity index (χ1v) is 9.32. The van der Waals surface area contributed by atoms with Crippen LogP contribution in [0.4, 0.5) is 0 Å². The van der Waals surface area contributed by atoms with Gasteiger partial charge in [0.2, 0.25) is 0 Å². The van der Waals surface area contributed by atoms with E-state index < -0.39 is 5.60 Å². The van der Waals surface area contributed by atoms with Crippen LogP contribution in [0.3, 0.4) is 0 Å². The molecule has 1 heterocycles. The molecule has 0 aromatic heterocycles. The van der Waals surface area contributed by atoms with Gasteiger partial charge in [-0.3, -0.25) is 0 Å². The molecule has 2 aromatic rings. The maximum atomic E-state index is 10.9. The molecule has 1 unspecified atom stereocenters. The van der Waals surface area contributed by atoms with Gasteiger partial charge < -0.3 is 14.9 Å². The maximum Gasteiger partial charge on any atom is 0.0880 e. The summed E-state index contributed by atoms with van der Waals surface area (Å²) < 4.78 is 0. The van der Waals surface area contributed by atoms with Crippen molar-refractivity contribution in [3.05, 3.63) is 59.1 Å². The van der Waals surface area contributed by atoms with Crippen molar-refractivity contribution in [2.75, 3.05) is 39.8 Å². The van der Waals surface area contributed by atoms with Gasteiger partial charge in [0.15, 0.2) is 0 Å². The Morgan fingerprint density at radius 1 is 0.920 bits per heavy atom. The summed E-state index contributed by atoms with van der Waals surface area (Å²) in [5.74, 6) is 0. The second-order valence-electron chi connectivity index (χ2n) is 7.25. The number of nitrogens with zero attached hydrogens (tertiary/aromatic N) is 2. The maximum absolute atomic E-state index is 10.9. The van der Waals surface area contributed by atoms with E-state index in [-0.39, 0.29) is 0 Å². The quantitative estimate of drug-likeness (QED) is 0.879. The Balaban J connectivity index is 1.62. The molecule has 3 rings (SSSR count). The summed E-state index contributed by atoms with van der Waals surface area (Å²) in [7, 11) is 2.16. The summed E-state index contributed by atoms with van der Waals surface area (Å²) in [6.07, 6.45) is 0.747. The number of halogens is 1. The van der Waals surface area contributed by atoms with Crippen LogP contribution < -0.4 is 0 Å². The second-order valence-corrected chi connectivity index (χ2v) is 7.69. The second kappa shape index (κ2) is 7.88. The average Bonchev–Trinajstić information content (AvgIpc) is 2.62. The summed E-state index contributed by atoms with van der Waals surface area (Å²) in [5, 5.41) is 11.7. The minimum absolute atomic E-state index is 0.743. The van der Waals surface area contributed by atoms with Gasteiger partial charge in [0.25, 0.3) is 0 Å². The van der Waals surface area contributed by atoms with Crippen molar-refractivity contribution in [2.24, 2.45) is 0 Å². The highest BCUT2D eigenvalue weighted by atomic mass is 35.5. The molecule has 0 bridgehead atoms. The third-order valence-electron chi connectivity index (χ3n) is 5.20. The van der Waals surface area contributed by atoms with Crippen LogP contribution in [0.25, 0.3) is 11.1 Å². The molecule has 1 saturated heterocycles. The zero-order valence-corrected chi connectivity index (χ0v) is 15.8. The molecule has 4 heteroatoms. The monoisotopic (exact) mass is 358 g/mol. The SMILES string of the molecule is CN1CCN(CCC(C)(O)c2ccc(-c3ccc(Cl)cc3)cc2)CC1. The number of aliphatic hydroxyl groups is 1. The lowest BCUT2D eigenvalue weighted by molar-refractivity contribution is 0.0300. The number of rotatable bonds is 5. The van der Waals surface area contributed by atoms with Crippen molar-refractivity contribution in [1.82, 2.24) is 9.80 Å². The molecular formula is C21H27ClN2O. The number of likely N-dealkylation sites (N-methyl/N-ethyl adjacent to an activating group) is 1. The fourth-order valence-corrected chi connectivity index (χ4v) is 3.38. The van der Waals surface area contributed by atoms with E-state index in [4.69, 9.17) is 11.6 Å². The zero-order valence-electron chi connectivity index (χ0n) is 15.1. The molecule has 0 spiro atoms. The smallest absolute Gasteiger partial charge is 0.0880 e. The van der Waals surface area contributed by atoms with Crippen LogP contribution in [-0.4, -0.2) is 54.7 Å². The molecule has 1 aliphatic rings. The van der Waals surface area contributed by atoms with Crippen LogP contribution in [0.2, 0.25) is 5.02 Å². The number of piperazine rings is 1. The van der Waals surface area contributed by atoms with Crippen molar-refractivity contribution in [3.63, 3.8) is 0 Å². The van der Waals surface area contributed by atoms with Gasteiger partial charge in [-0.05, 0) is 49.2 Å². The Hall–Kier alpha value is -1.39. The minimum atomic E-state index is -0.804. The van der Waals surface area contributed by atoms with Crippen LogP contribution >= 0.6 is 11.6 Å². The fourth-order valence-electron chi connectivity index (χ4n) is 3.26. The average molecular weight is 359 g/mol. The molecule has 0 aliphatic carbocycles. The molecule has 0 saturated carbocycles. The predicted molar refractivity (Wildman–Crippen MR) is 105 cm³/mol. The van der Waals surface area contributed by atoms with Crippen LogP contribution in [0.5, 0.6) is 0 Å². The lowest BCUT2D eigenvalue weighted by Gasteiger charge is -2.34. The van der Waals surface area contributed by atoms with Gasteiger partial charge >= 0.3 is 0 Å². The highest BCUT2D eigenvalue weighted by Gasteiger charge is 2.25. The molecule has 1 aliphatic heterocycles. The predicted octanol–water partition coefficient (Wildman–Crippen LogP) is 3.85. The van der Waals surface area contributed by atoms with E-state index in [0.717, 1.165) is 60.9 Å². The van der Waals surface area contributed by atoms with Gasteiger partial charge in [-0.1, -0.05) is 48.0 Å². The van der Waals surface area contributed by atoms with Crippen molar-refractivity contribution in [3.8, 4) is 11.1 Å². The summed E-state index contributed by atoms with van der Waals surface area (Å²) in [4.78, 5) is 4.79. The van der Waals surface area contributed by atoms with E-state index in [1.54, 1.807) is 0 Å². The minimum Gasteiger partial charge on any atom is -0.385 e. The Morgan fingerprint density at radius 2 is 1.44 bits per heavy atom. The third kappa shape index (κ3) is 4.83. The number of benzene rings is 2. The molecule has 1 fully saturated rings. The lowest BCUT2D eigenvalue weighted by Crippen LogP contribution is -2.45. The topological polar surface area (TPSA) is 26.7 Å². The van der Waals surface area contributed by atoms with E-state index >= 15 is 0 Å². The van der Waals surface area contributed by atoms with Crippen molar-refractivity contribution >= 4 is 11.6 Å². The first-order chi connectivity index (χ1) is 11.9. The first-order valence-electron chi connectivity index (χ1n) is 8.94. The molecule has 134 valence electrons. The van der Waals surface area contributed by atoms with E-state index in [0.29, 0.717) is 0 Å². The van der Waals surface area contributed by atoms with Crippen LogP contribution in [0.1, 0.15) is 18.9 Å². The normalized spacial score (nSPS) is 18.9. The summed E-state index contributed by atoms with van der Waals surface area (Å²) in [5.41, 5.74) is 2.43. The highest BCUT2D eigenvalue weighted by Crippen LogP contribution is 2.28. The van der Waals surface area contributed by atoms with Gasteiger partial charge in [-0.15, -0.1) is 0 Å². The molecule has 0 amide bonds. The largest absolute Gasteiger partial charge is 0.385 e. The van der Waals surface area contributed by atoms with Crippen LogP contribution in [-0.2, 0) is 5.60 Å². The van der Waals surface area contributed by atoms with E-state index in [9.17, 15) is 5.11 Å². The Bertz CT molecular complexity index is 674. The standard InChI is InChI=1S/C21H27ClN2O/c1-21(25,11-12-24-15-13-23(2)14-16-24)19-7-3-17(4-8-19)18-5-9-20(22)10-6-18/h3-10,25H,11-16H2,1-2H3. The van der Waals surface area contributed by atoms with Gasteiger partial charge in [0.05, 0.1) is 5.60 Å². The van der Waals surface area contributed by atoms with Gasteiger partial charge in [-0.25, -0.2) is 0 Å². The van der Waals surface area contributed by atoms with Gasteiger partial charge in [-0.2, -0.15) is 0 Å².